The number of hydrogen-bond acceptors (Lipinski definition) is 3. The minimum absolute atomic E-state index is 0.0924. The third-order valence-corrected chi connectivity index (χ3v) is 3.63. The zero-order chi connectivity index (χ0) is 14.4. The second-order valence-corrected chi connectivity index (χ2v) is 5.15. The zero-order valence-electron chi connectivity index (χ0n) is 11.5. The predicted octanol–water partition coefficient (Wildman–Crippen LogP) is 2.83. The molecule has 3 heterocycles. The molecule has 4 aromatic rings. The summed E-state index contributed by atoms with van der Waals surface area (Å²) in [6.07, 6.45) is 3.17. The molecular formula is C16H13N3O2. The number of nitrogens with zero attached hydrogens (tertiary/aromatic N) is 2. The van der Waals surface area contributed by atoms with E-state index in [9.17, 15) is 4.79 Å². The van der Waals surface area contributed by atoms with Crippen LogP contribution < -0.4 is 5.56 Å². The van der Waals surface area contributed by atoms with E-state index in [0.29, 0.717) is 12.1 Å². The average molecular weight is 279 g/mol. The molecule has 5 heteroatoms. The van der Waals surface area contributed by atoms with Crippen LogP contribution >= 0.6 is 0 Å². The van der Waals surface area contributed by atoms with Crippen molar-refractivity contribution in [3.05, 3.63) is 64.6 Å². The van der Waals surface area contributed by atoms with Gasteiger partial charge in [-0.1, -0.05) is 11.6 Å². The number of furan rings is 1. The largest absolute Gasteiger partial charge is 0.467 e. The Morgan fingerprint density at radius 3 is 3.05 bits per heavy atom. The summed E-state index contributed by atoms with van der Waals surface area (Å²) in [5.41, 5.74) is 3.23. The zero-order valence-corrected chi connectivity index (χ0v) is 11.5. The molecule has 0 atom stereocenters. The first-order valence-corrected chi connectivity index (χ1v) is 6.72. The summed E-state index contributed by atoms with van der Waals surface area (Å²) in [7, 11) is 0. The highest BCUT2D eigenvalue weighted by molar-refractivity contribution is 6.04. The summed E-state index contributed by atoms with van der Waals surface area (Å²) >= 11 is 0. The summed E-state index contributed by atoms with van der Waals surface area (Å²) in [6, 6.07) is 9.67. The van der Waals surface area contributed by atoms with Gasteiger partial charge in [0.25, 0.3) is 5.56 Å². The number of H-pyrrole nitrogens is 1. The molecule has 1 N–H and O–H groups in total. The van der Waals surface area contributed by atoms with Crippen molar-refractivity contribution in [3.63, 3.8) is 0 Å². The first kappa shape index (κ1) is 12.0. The van der Waals surface area contributed by atoms with Crippen LogP contribution in [0.2, 0.25) is 0 Å². The number of nitrogens with one attached hydrogen (secondary N) is 1. The van der Waals surface area contributed by atoms with E-state index in [0.717, 1.165) is 27.7 Å². The number of rotatable bonds is 2. The summed E-state index contributed by atoms with van der Waals surface area (Å²) < 4.78 is 6.83. The van der Waals surface area contributed by atoms with Gasteiger partial charge >= 0.3 is 0 Å². The molecule has 0 spiro atoms. The van der Waals surface area contributed by atoms with Gasteiger partial charge in [0.2, 0.25) is 0 Å². The van der Waals surface area contributed by atoms with Crippen LogP contribution in [0, 0.1) is 6.92 Å². The van der Waals surface area contributed by atoms with E-state index in [2.05, 4.69) is 9.97 Å². The van der Waals surface area contributed by atoms with Crippen LogP contribution in [0.5, 0.6) is 0 Å². The lowest BCUT2D eigenvalue weighted by Crippen LogP contribution is -2.20. The lowest BCUT2D eigenvalue weighted by molar-refractivity contribution is 0.489. The maximum Gasteiger partial charge on any atom is 0.278 e. The topological polar surface area (TPSA) is 63.8 Å². The molecule has 0 aliphatic rings. The Balaban J connectivity index is 1.94. The fraction of sp³-hybridized carbons (Fsp3) is 0.125. The van der Waals surface area contributed by atoms with Gasteiger partial charge in [0.15, 0.2) is 0 Å². The molecule has 0 fully saturated rings. The molecule has 21 heavy (non-hydrogen) atoms. The maximum absolute atomic E-state index is 12.6. The van der Waals surface area contributed by atoms with Crippen molar-refractivity contribution in [3.8, 4) is 0 Å². The minimum Gasteiger partial charge on any atom is -0.467 e. The third kappa shape index (κ3) is 1.86. The number of aryl methyl sites for hydroxylation is 1. The van der Waals surface area contributed by atoms with Crippen molar-refractivity contribution in [1.29, 1.82) is 0 Å². The minimum atomic E-state index is -0.0924. The lowest BCUT2D eigenvalue weighted by atomic mass is 10.2. The van der Waals surface area contributed by atoms with E-state index in [-0.39, 0.29) is 5.56 Å². The van der Waals surface area contributed by atoms with E-state index >= 15 is 0 Å². The Hall–Kier alpha value is -2.82. The summed E-state index contributed by atoms with van der Waals surface area (Å²) in [5, 5.41) is 0.979. The van der Waals surface area contributed by atoms with Crippen LogP contribution in [-0.4, -0.2) is 14.5 Å². The Bertz CT molecular complexity index is 994. The fourth-order valence-electron chi connectivity index (χ4n) is 2.59. The van der Waals surface area contributed by atoms with Gasteiger partial charge in [-0.2, -0.15) is 0 Å². The molecule has 104 valence electrons. The van der Waals surface area contributed by atoms with Crippen LogP contribution in [-0.2, 0) is 6.54 Å². The molecule has 0 saturated carbocycles. The molecule has 1 aromatic carbocycles. The highest BCUT2D eigenvalue weighted by atomic mass is 16.3. The summed E-state index contributed by atoms with van der Waals surface area (Å²) in [5.74, 6) is 0.727. The van der Waals surface area contributed by atoms with E-state index in [4.69, 9.17) is 4.42 Å². The van der Waals surface area contributed by atoms with Gasteiger partial charge in [0, 0.05) is 10.9 Å². The van der Waals surface area contributed by atoms with Gasteiger partial charge in [0.05, 0.1) is 19.1 Å². The van der Waals surface area contributed by atoms with Gasteiger partial charge in [-0.3, -0.25) is 9.36 Å². The summed E-state index contributed by atoms with van der Waals surface area (Å²) in [6.45, 7) is 2.40. The molecule has 0 aliphatic heterocycles. The second-order valence-electron chi connectivity index (χ2n) is 5.15. The Morgan fingerprint density at radius 1 is 1.33 bits per heavy atom. The van der Waals surface area contributed by atoms with Crippen LogP contribution in [0.1, 0.15) is 11.3 Å². The van der Waals surface area contributed by atoms with Crippen LogP contribution in [0.3, 0.4) is 0 Å². The molecule has 3 aromatic heterocycles. The SMILES string of the molecule is Cc1ccc2[nH]c3c(=O)n(Cc4ccco4)cnc3c2c1. The smallest absolute Gasteiger partial charge is 0.278 e. The standard InChI is InChI=1S/C16H13N3O2/c1-10-4-5-13-12(7-10)14-15(18-13)16(20)19(9-17-14)8-11-3-2-6-21-11/h2-7,9,18H,8H2,1H3. The molecule has 5 nitrogen and oxygen atoms in total. The van der Waals surface area contributed by atoms with Crippen LogP contribution in [0.4, 0.5) is 0 Å². The Morgan fingerprint density at radius 2 is 2.24 bits per heavy atom. The van der Waals surface area contributed by atoms with Crippen molar-refractivity contribution in [2.24, 2.45) is 0 Å². The number of benzene rings is 1. The number of hydrogen-bond donors (Lipinski definition) is 1. The molecule has 0 bridgehead atoms. The van der Waals surface area contributed by atoms with Crippen molar-refractivity contribution in [1.82, 2.24) is 14.5 Å². The van der Waals surface area contributed by atoms with E-state index in [1.165, 1.54) is 0 Å². The van der Waals surface area contributed by atoms with Crippen LogP contribution in [0.25, 0.3) is 21.9 Å². The third-order valence-electron chi connectivity index (χ3n) is 3.63. The maximum atomic E-state index is 12.6. The highest BCUT2D eigenvalue weighted by Crippen LogP contribution is 2.22. The number of aromatic nitrogens is 3. The average Bonchev–Trinajstić information content (AvgIpc) is 3.09. The molecule has 0 aliphatic carbocycles. The second kappa shape index (κ2) is 4.34. The highest BCUT2D eigenvalue weighted by Gasteiger charge is 2.11. The number of fused-ring (bicyclic) bond motifs is 3. The van der Waals surface area contributed by atoms with Crippen molar-refractivity contribution < 1.29 is 4.42 Å². The van der Waals surface area contributed by atoms with Crippen LogP contribution in [0.15, 0.2) is 52.1 Å². The quantitative estimate of drug-likeness (QED) is 0.613. The molecular weight excluding hydrogens is 266 g/mol. The van der Waals surface area contributed by atoms with E-state index in [1.54, 1.807) is 23.2 Å². The first-order valence-electron chi connectivity index (χ1n) is 6.72. The van der Waals surface area contributed by atoms with Crippen molar-refractivity contribution >= 4 is 21.9 Å². The van der Waals surface area contributed by atoms with Crippen molar-refractivity contribution in [2.75, 3.05) is 0 Å². The van der Waals surface area contributed by atoms with Gasteiger partial charge in [0.1, 0.15) is 16.8 Å². The Kier molecular flexibility index (Phi) is 2.47. The van der Waals surface area contributed by atoms with Crippen molar-refractivity contribution in [2.45, 2.75) is 13.5 Å². The first-order chi connectivity index (χ1) is 10.2. The fourth-order valence-corrected chi connectivity index (χ4v) is 2.59. The lowest BCUT2D eigenvalue weighted by Gasteiger charge is -2.02. The van der Waals surface area contributed by atoms with Gasteiger partial charge in [-0.05, 0) is 31.2 Å². The molecule has 0 unspecified atom stereocenters. The molecule has 0 radical (unpaired) electrons. The van der Waals surface area contributed by atoms with E-state index < -0.39 is 0 Å². The molecule has 0 amide bonds. The summed E-state index contributed by atoms with van der Waals surface area (Å²) in [4.78, 5) is 20.2. The number of aromatic amines is 1. The van der Waals surface area contributed by atoms with E-state index in [1.807, 2.05) is 31.2 Å². The monoisotopic (exact) mass is 279 g/mol. The molecule has 4 rings (SSSR count). The molecule has 0 saturated heterocycles. The van der Waals surface area contributed by atoms with Gasteiger partial charge in [-0.25, -0.2) is 4.98 Å². The van der Waals surface area contributed by atoms with Gasteiger partial charge < -0.3 is 9.40 Å². The normalized spacial score (nSPS) is 11.5. The van der Waals surface area contributed by atoms with Gasteiger partial charge in [-0.15, -0.1) is 0 Å². The predicted molar refractivity (Wildman–Crippen MR) is 80.4 cm³/mol. The Labute approximate surface area is 119 Å².